The molecule has 5 aromatic rings. The van der Waals surface area contributed by atoms with Crippen molar-refractivity contribution in [3.05, 3.63) is 113 Å². The van der Waals surface area contributed by atoms with Crippen LogP contribution in [0, 0.1) is 34.2 Å². The molecular weight excluding hydrogens is 1010 g/mol. The molecule has 2 aromatic heterocycles. The van der Waals surface area contributed by atoms with Crippen molar-refractivity contribution >= 4 is 40.5 Å². The second kappa shape index (κ2) is 21.3. The number of H-pyrrole nitrogens is 1. The number of aliphatic hydroxyl groups is 2. The highest BCUT2D eigenvalue weighted by Crippen LogP contribution is 2.44. The number of imidazole rings is 1. The molecule has 4 heterocycles. The van der Waals surface area contributed by atoms with Gasteiger partial charge < -0.3 is 34.9 Å². The van der Waals surface area contributed by atoms with Crippen LogP contribution >= 0.6 is 12.2 Å². The first-order valence-electron chi connectivity index (χ1n) is 22.9. The largest absolute Gasteiger partial charge is 0.494 e. The number of halogens is 9. The number of aromatic nitrogens is 3. The number of nitrogens with one attached hydrogen (secondary N) is 2. The van der Waals surface area contributed by atoms with E-state index in [1.807, 2.05) is 20.8 Å². The van der Waals surface area contributed by atoms with Crippen molar-refractivity contribution in [2.45, 2.75) is 96.2 Å². The standard InChI is InChI=1S/C50H49F9N8O6S/c1-47(2,3)42(44(70)65-24-30(68)19-37(65)43-62-23-35(63-43)26-8-11-28(51)12-9-26)64-38(69)25-72-16-6-7-17-73-31-13-14-32(33(20-31)49(54,55)56)41-34(52)18-29(22-61-41)67-46(74)66(45(71)48(67,4)5)36-15-10-27(21-60)39(40(36)53)50(57,58)59/h8-15,18,20,22-23,30,37,42,44,68,70H,6-7,16-17,19,24-25H2,1-5H3,(H,62,63)(H,64,69)/t30-,37+,42-,44?/m1/s1. The van der Waals surface area contributed by atoms with Gasteiger partial charge in [0.25, 0.3) is 5.91 Å². The van der Waals surface area contributed by atoms with E-state index in [1.165, 1.54) is 38.1 Å². The number of ether oxygens (including phenoxy) is 2. The van der Waals surface area contributed by atoms with Gasteiger partial charge in [0.05, 0.1) is 71.5 Å². The molecule has 4 N–H and O–H groups in total. The summed E-state index contributed by atoms with van der Waals surface area (Å²) in [6, 6.07) is 10.6. The zero-order valence-electron chi connectivity index (χ0n) is 40.2. The van der Waals surface area contributed by atoms with Crippen LogP contribution in [0.1, 0.15) is 82.4 Å². The van der Waals surface area contributed by atoms with E-state index < -0.39 is 122 Å². The van der Waals surface area contributed by atoms with E-state index in [9.17, 15) is 50.5 Å². The molecule has 2 aliphatic rings. The van der Waals surface area contributed by atoms with E-state index in [-0.39, 0.29) is 44.0 Å². The van der Waals surface area contributed by atoms with Gasteiger partial charge in [0.2, 0.25) is 5.91 Å². The Morgan fingerprint density at radius 1 is 0.973 bits per heavy atom. The molecule has 0 bridgehead atoms. The molecule has 3 aromatic carbocycles. The van der Waals surface area contributed by atoms with Gasteiger partial charge in [-0.25, -0.2) is 18.2 Å². The number of nitriles is 1. The zero-order valence-corrected chi connectivity index (χ0v) is 41.0. The van der Waals surface area contributed by atoms with Gasteiger partial charge in [0.1, 0.15) is 47.0 Å². The number of aromatic amines is 1. The van der Waals surface area contributed by atoms with Crippen LogP contribution in [-0.4, -0.2) is 97.3 Å². The Labute approximate surface area is 423 Å². The summed E-state index contributed by atoms with van der Waals surface area (Å²) >= 11 is 5.37. The van der Waals surface area contributed by atoms with Gasteiger partial charge in [-0.3, -0.25) is 24.4 Å². The number of amides is 2. The summed E-state index contributed by atoms with van der Waals surface area (Å²) in [5, 5.41) is 33.7. The number of nitrogens with zero attached hydrogens (tertiary/aromatic N) is 6. The third kappa shape index (κ3) is 11.5. The predicted molar refractivity (Wildman–Crippen MR) is 254 cm³/mol. The lowest BCUT2D eigenvalue weighted by molar-refractivity contribution is -0.140. The first-order chi connectivity index (χ1) is 34.6. The van der Waals surface area contributed by atoms with E-state index in [0.29, 0.717) is 40.5 Å². The molecule has 1 unspecified atom stereocenters. The lowest BCUT2D eigenvalue weighted by Gasteiger charge is -2.40. The predicted octanol–water partition coefficient (Wildman–Crippen LogP) is 9.21. The molecule has 4 atom stereocenters. The number of β-amino-alcohol motifs (C(OH)–C–C–N with tert-alkyl or cyclic N) is 1. The summed E-state index contributed by atoms with van der Waals surface area (Å²) in [4.78, 5) is 41.4. The number of carbonyl (C=O) groups is 2. The Balaban J connectivity index is 0.939. The summed E-state index contributed by atoms with van der Waals surface area (Å²) in [6.45, 7) is 7.64. The van der Waals surface area contributed by atoms with E-state index in [0.717, 1.165) is 29.3 Å². The smallest absolute Gasteiger partial charge is 0.420 e. The Morgan fingerprint density at radius 2 is 1.66 bits per heavy atom. The summed E-state index contributed by atoms with van der Waals surface area (Å²) in [5.74, 6) is -5.00. The fraction of sp³-hybridized carbons (Fsp3) is 0.400. The summed E-state index contributed by atoms with van der Waals surface area (Å²) < 4.78 is 141. The van der Waals surface area contributed by atoms with Crippen molar-refractivity contribution in [2.24, 2.45) is 5.41 Å². The van der Waals surface area contributed by atoms with Crippen molar-refractivity contribution in [3.63, 3.8) is 0 Å². The molecule has 0 radical (unpaired) electrons. The molecule has 74 heavy (non-hydrogen) atoms. The molecular formula is C50H49F9N8O6S. The minimum Gasteiger partial charge on any atom is -0.494 e. The SMILES string of the molecule is CC(C)(C)[C@H](NC(=O)COCCCCOc1ccc(-c2ncc(N3C(=S)N(c4ccc(C#N)c(C(F)(F)F)c4F)C(=O)C3(C)C)cc2F)c(C(F)(F)F)c1)C(O)N1C[C@H](O)C[C@H]1c1ncc(-c2ccc(F)cc2)[nH]1. The summed E-state index contributed by atoms with van der Waals surface area (Å²) in [7, 11) is 0. The number of carbonyl (C=O) groups excluding carboxylic acids is 2. The van der Waals surface area contributed by atoms with Gasteiger partial charge in [0, 0.05) is 24.8 Å². The third-order valence-electron chi connectivity index (χ3n) is 12.5. The minimum atomic E-state index is -5.34. The van der Waals surface area contributed by atoms with Crippen LogP contribution in [0.25, 0.3) is 22.5 Å². The van der Waals surface area contributed by atoms with Crippen LogP contribution < -0.4 is 19.9 Å². The van der Waals surface area contributed by atoms with Gasteiger partial charge >= 0.3 is 12.4 Å². The number of pyridine rings is 1. The maximum Gasteiger partial charge on any atom is 0.420 e. The number of thiocarbonyl (C=S) groups is 1. The minimum absolute atomic E-state index is 0.0549. The number of rotatable bonds is 16. The van der Waals surface area contributed by atoms with Gasteiger partial charge in [-0.05, 0) is 111 Å². The molecule has 0 saturated carbocycles. The molecule has 7 rings (SSSR count). The van der Waals surface area contributed by atoms with Crippen molar-refractivity contribution in [3.8, 4) is 34.3 Å². The molecule has 2 fully saturated rings. The number of benzene rings is 3. The number of hydrogen-bond donors (Lipinski definition) is 4. The number of aliphatic hydroxyl groups excluding tert-OH is 2. The van der Waals surface area contributed by atoms with E-state index in [4.69, 9.17) is 27.0 Å². The molecule has 0 spiro atoms. The topological polar surface area (TPSA) is 180 Å². The molecule has 24 heteroatoms. The van der Waals surface area contributed by atoms with Crippen LogP contribution in [0.5, 0.6) is 5.75 Å². The van der Waals surface area contributed by atoms with Crippen molar-refractivity contribution in [2.75, 3.05) is 36.2 Å². The molecule has 2 amide bonds. The second-order valence-electron chi connectivity index (χ2n) is 19.2. The Bertz CT molecular complexity index is 2960. The molecule has 2 aliphatic heterocycles. The zero-order chi connectivity index (χ0) is 54.2. The van der Waals surface area contributed by atoms with Gasteiger partial charge in [-0.2, -0.15) is 31.6 Å². The van der Waals surface area contributed by atoms with Crippen LogP contribution in [0.4, 0.5) is 50.9 Å². The van der Waals surface area contributed by atoms with E-state index in [2.05, 4.69) is 20.3 Å². The molecule has 14 nitrogen and oxygen atoms in total. The highest BCUT2D eigenvalue weighted by molar-refractivity contribution is 7.81. The first-order valence-corrected chi connectivity index (χ1v) is 23.3. The number of alkyl halides is 6. The Morgan fingerprint density at radius 3 is 2.30 bits per heavy atom. The number of unbranched alkanes of at least 4 members (excludes halogenated alkanes) is 1. The van der Waals surface area contributed by atoms with Crippen molar-refractivity contribution in [1.29, 1.82) is 5.26 Å². The molecule has 394 valence electrons. The Kier molecular flexibility index (Phi) is 15.9. The highest BCUT2D eigenvalue weighted by Gasteiger charge is 2.52. The lowest BCUT2D eigenvalue weighted by Crippen LogP contribution is -2.58. The van der Waals surface area contributed by atoms with Gasteiger partial charge in [-0.15, -0.1) is 0 Å². The van der Waals surface area contributed by atoms with E-state index in [1.54, 1.807) is 23.2 Å². The fourth-order valence-electron chi connectivity index (χ4n) is 8.84. The first kappa shape index (κ1) is 55.1. The third-order valence-corrected chi connectivity index (χ3v) is 12.9. The average molecular weight is 1060 g/mol. The van der Waals surface area contributed by atoms with Crippen LogP contribution in [-0.2, 0) is 26.7 Å². The van der Waals surface area contributed by atoms with E-state index >= 15 is 8.78 Å². The highest BCUT2D eigenvalue weighted by atomic mass is 32.1. The van der Waals surface area contributed by atoms with Gasteiger partial charge in [0.15, 0.2) is 16.7 Å². The normalized spacial score (nSPS) is 18.2. The van der Waals surface area contributed by atoms with Crippen LogP contribution in [0.15, 0.2) is 73.1 Å². The monoisotopic (exact) mass is 1060 g/mol. The number of hydrogen-bond acceptors (Lipinski definition) is 11. The van der Waals surface area contributed by atoms with Gasteiger partial charge in [-0.1, -0.05) is 20.8 Å². The second-order valence-corrected chi connectivity index (χ2v) is 19.6. The average Bonchev–Trinajstić information content (AvgIpc) is 4.01. The molecule has 2 saturated heterocycles. The van der Waals surface area contributed by atoms with Crippen LogP contribution in [0.2, 0.25) is 0 Å². The number of anilines is 2. The maximum atomic E-state index is 15.9. The van der Waals surface area contributed by atoms with Crippen molar-refractivity contribution < 1.29 is 68.8 Å². The fourth-order valence-corrected chi connectivity index (χ4v) is 9.35. The quantitative estimate of drug-likeness (QED) is 0.0419. The Hall–Kier alpha value is -6.65. The number of likely N-dealkylation sites (tertiary alicyclic amines) is 1. The molecule has 0 aliphatic carbocycles. The lowest BCUT2D eigenvalue weighted by atomic mass is 9.85. The summed E-state index contributed by atoms with van der Waals surface area (Å²) in [5.41, 5.74) is -8.18. The maximum absolute atomic E-state index is 15.9. The van der Waals surface area contributed by atoms with Crippen LogP contribution in [0.3, 0.4) is 0 Å². The summed E-state index contributed by atoms with van der Waals surface area (Å²) in [6.07, 6.45) is -9.14. The van der Waals surface area contributed by atoms with Crippen molar-refractivity contribution in [1.82, 2.24) is 25.2 Å².